The molecule has 0 aliphatic heterocycles. The number of benzene rings is 4. The number of rotatable bonds is 4. The van der Waals surface area contributed by atoms with E-state index in [9.17, 15) is 0 Å². The molecular weight excluding hydrogens is 472 g/mol. The Labute approximate surface area is 220 Å². The summed E-state index contributed by atoms with van der Waals surface area (Å²) in [7, 11) is 0. The molecule has 0 saturated carbocycles. The highest BCUT2D eigenvalue weighted by Gasteiger charge is 2.16. The third-order valence-corrected chi connectivity index (χ3v) is 6.90. The summed E-state index contributed by atoms with van der Waals surface area (Å²) < 4.78 is 12.1. The topological polar surface area (TPSA) is 77.8 Å². The Kier molecular flexibility index (Phi) is 5.62. The molecule has 0 unspecified atom stereocenters. The van der Waals surface area contributed by atoms with Gasteiger partial charge in [-0.05, 0) is 96.5 Å². The number of aromatic nitrogens is 4. The van der Waals surface area contributed by atoms with Crippen LogP contribution in [0.15, 0.2) is 106 Å². The van der Waals surface area contributed by atoms with Crippen molar-refractivity contribution in [2.75, 3.05) is 0 Å². The third kappa shape index (κ3) is 4.52. The van der Waals surface area contributed by atoms with Crippen LogP contribution in [-0.2, 0) is 25.7 Å². The quantitative estimate of drug-likeness (QED) is 0.261. The van der Waals surface area contributed by atoms with E-state index < -0.39 is 0 Å². The Bertz CT molecular complexity index is 1550. The van der Waals surface area contributed by atoms with Gasteiger partial charge in [-0.15, -0.1) is 20.4 Å². The third-order valence-electron chi connectivity index (χ3n) is 6.90. The van der Waals surface area contributed by atoms with Gasteiger partial charge in [-0.25, -0.2) is 0 Å². The fourth-order valence-corrected chi connectivity index (χ4v) is 5.00. The minimum atomic E-state index is 0.535. The van der Waals surface area contributed by atoms with Crippen LogP contribution in [0.2, 0.25) is 0 Å². The summed E-state index contributed by atoms with van der Waals surface area (Å²) in [5, 5.41) is 17.3. The lowest BCUT2D eigenvalue weighted by atomic mass is 9.92. The molecule has 2 heterocycles. The molecular formula is C32H24N4O2. The van der Waals surface area contributed by atoms with Crippen LogP contribution >= 0.6 is 0 Å². The van der Waals surface area contributed by atoms with Crippen LogP contribution < -0.4 is 0 Å². The summed E-state index contributed by atoms with van der Waals surface area (Å²) in [6, 6.07) is 33.0. The first kappa shape index (κ1) is 22.4. The fraction of sp³-hybridized carbons (Fsp3) is 0.125. The van der Waals surface area contributed by atoms with E-state index in [1.807, 2.05) is 60.7 Å². The number of hydrogen-bond donors (Lipinski definition) is 0. The lowest BCUT2D eigenvalue weighted by molar-refractivity contribution is 0.583. The Morgan fingerprint density at radius 1 is 0.368 bits per heavy atom. The lowest BCUT2D eigenvalue weighted by Gasteiger charge is -2.13. The fourth-order valence-electron chi connectivity index (χ4n) is 5.00. The van der Waals surface area contributed by atoms with Gasteiger partial charge >= 0.3 is 0 Å². The smallest absolute Gasteiger partial charge is 0.248 e. The highest BCUT2D eigenvalue weighted by molar-refractivity contribution is 5.61. The number of aryl methyl sites for hydroxylation is 4. The Morgan fingerprint density at radius 3 is 1.03 bits per heavy atom. The Balaban J connectivity index is 1.17. The van der Waals surface area contributed by atoms with Crippen molar-refractivity contribution in [2.45, 2.75) is 25.7 Å². The van der Waals surface area contributed by atoms with Gasteiger partial charge in [0.2, 0.25) is 23.6 Å². The van der Waals surface area contributed by atoms with E-state index in [1.54, 1.807) is 0 Å². The molecule has 38 heavy (non-hydrogen) atoms. The van der Waals surface area contributed by atoms with Gasteiger partial charge in [0.1, 0.15) is 0 Å². The molecule has 6 aromatic rings. The molecule has 6 heteroatoms. The van der Waals surface area contributed by atoms with Crippen LogP contribution in [0, 0.1) is 0 Å². The van der Waals surface area contributed by atoms with Crippen molar-refractivity contribution in [2.24, 2.45) is 0 Å². The maximum Gasteiger partial charge on any atom is 0.248 e. The van der Waals surface area contributed by atoms with E-state index in [0.717, 1.165) is 47.9 Å². The molecule has 0 atom stereocenters. The first-order valence-corrected chi connectivity index (χ1v) is 12.8. The molecule has 4 aromatic carbocycles. The highest BCUT2D eigenvalue weighted by Crippen LogP contribution is 2.30. The summed E-state index contributed by atoms with van der Waals surface area (Å²) >= 11 is 0. The SMILES string of the molecule is c1ccc(-c2nnc(-c3cc4cc(c3)CCc3cc(cc(-c5nnc(-c6ccccc6)o5)c3)CC4)o2)cc1. The van der Waals surface area contributed by atoms with Crippen LogP contribution in [-0.4, -0.2) is 20.4 Å². The van der Waals surface area contributed by atoms with Crippen molar-refractivity contribution in [1.82, 2.24) is 20.4 Å². The van der Waals surface area contributed by atoms with Crippen LogP contribution in [0.25, 0.3) is 45.8 Å². The molecule has 4 bridgehead atoms. The van der Waals surface area contributed by atoms with Crippen molar-refractivity contribution in [3.63, 3.8) is 0 Å². The average Bonchev–Trinajstić information content (AvgIpc) is 3.67. The monoisotopic (exact) mass is 496 g/mol. The second-order valence-corrected chi connectivity index (χ2v) is 9.63. The van der Waals surface area contributed by atoms with Crippen molar-refractivity contribution in [3.8, 4) is 45.8 Å². The zero-order valence-electron chi connectivity index (χ0n) is 20.7. The van der Waals surface area contributed by atoms with Crippen LogP contribution in [0.5, 0.6) is 0 Å². The molecule has 0 N–H and O–H groups in total. The van der Waals surface area contributed by atoms with Gasteiger partial charge in [0, 0.05) is 22.3 Å². The number of fused-ring (bicyclic) bond motifs is 4. The lowest BCUT2D eigenvalue weighted by Crippen LogP contribution is -2.01. The molecule has 0 radical (unpaired) electrons. The predicted molar refractivity (Wildman–Crippen MR) is 145 cm³/mol. The van der Waals surface area contributed by atoms with E-state index in [0.29, 0.717) is 23.6 Å². The van der Waals surface area contributed by atoms with E-state index >= 15 is 0 Å². The summed E-state index contributed by atoms with van der Waals surface area (Å²) in [4.78, 5) is 0. The molecule has 6 nitrogen and oxygen atoms in total. The van der Waals surface area contributed by atoms with Gasteiger partial charge in [-0.1, -0.05) is 48.5 Å². The van der Waals surface area contributed by atoms with Gasteiger partial charge in [0.05, 0.1) is 0 Å². The normalized spacial score (nSPS) is 12.8. The minimum Gasteiger partial charge on any atom is -0.416 e. The molecule has 1 aliphatic carbocycles. The second kappa shape index (κ2) is 9.56. The molecule has 0 amide bonds. The van der Waals surface area contributed by atoms with E-state index in [2.05, 4.69) is 56.8 Å². The van der Waals surface area contributed by atoms with Crippen molar-refractivity contribution in [3.05, 3.63) is 119 Å². The molecule has 0 saturated heterocycles. The largest absolute Gasteiger partial charge is 0.416 e. The van der Waals surface area contributed by atoms with E-state index in [4.69, 9.17) is 8.83 Å². The molecule has 0 spiro atoms. The first-order valence-electron chi connectivity index (χ1n) is 12.8. The first-order chi connectivity index (χ1) is 18.8. The summed E-state index contributed by atoms with van der Waals surface area (Å²) in [6.07, 6.45) is 3.62. The summed E-state index contributed by atoms with van der Waals surface area (Å²) in [6.45, 7) is 0. The van der Waals surface area contributed by atoms with Gasteiger partial charge in [-0.2, -0.15) is 0 Å². The molecule has 7 rings (SSSR count). The van der Waals surface area contributed by atoms with Gasteiger partial charge < -0.3 is 8.83 Å². The zero-order valence-corrected chi connectivity index (χ0v) is 20.7. The molecule has 1 aliphatic rings. The minimum absolute atomic E-state index is 0.535. The molecule has 2 aromatic heterocycles. The van der Waals surface area contributed by atoms with Crippen molar-refractivity contribution < 1.29 is 8.83 Å². The van der Waals surface area contributed by atoms with Crippen molar-refractivity contribution >= 4 is 0 Å². The second-order valence-electron chi connectivity index (χ2n) is 9.63. The molecule has 184 valence electrons. The predicted octanol–water partition coefficient (Wildman–Crippen LogP) is 7.00. The maximum atomic E-state index is 6.06. The molecule has 0 fully saturated rings. The summed E-state index contributed by atoms with van der Waals surface area (Å²) in [5.41, 5.74) is 8.81. The zero-order chi connectivity index (χ0) is 25.3. The van der Waals surface area contributed by atoms with E-state index in [-0.39, 0.29) is 0 Å². The number of hydrogen-bond acceptors (Lipinski definition) is 6. The average molecular weight is 497 g/mol. The Hall–Kier alpha value is -4.84. The van der Waals surface area contributed by atoms with Crippen LogP contribution in [0.1, 0.15) is 22.3 Å². The van der Waals surface area contributed by atoms with Gasteiger partial charge in [0.15, 0.2) is 0 Å². The van der Waals surface area contributed by atoms with E-state index in [1.165, 1.54) is 22.3 Å². The highest BCUT2D eigenvalue weighted by atomic mass is 16.4. The van der Waals surface area contributed by atoms with Crippen LogP contribution in [0.3, 0.4) is 0 Å². The summed E-state index contributed by atoms with van der Waals surface area (Å²) in [5.74, 6) is 2.17. The van der Waals surface area contributed by atoms with Crippen LogP contribution in [0.4, 0.5) is 0 Å². The van der Waals surface area contributed by atoms with Gasteiger partial charge in [-0.3, -0.25) is 0 Å². The van der Waals surface area contributed by atoms with Crippen molar-refractivity contribution in [1.29, 1.82) is 0 Å². The standard InChI is InChI=1S/C32H24N4O2/c1-3-7-25(8-4-1)29-33-35-31(37-29)27-17-21-11-13-23-16-24(14-12-22(15-21)18-27)20-28(19-23)32-36-34-30(38-32)26-9-5-2-6-10-26/h1-10,15-20H,11-14H2. The number of nitrogens with zero attached hydrogens (tertiary/aromatic N) is 4. The van der Waals surface area contributed by atoms with Gasteiger partial charge in [0.25, 0.3) is 0 Å². The Morgan fingerprint density at radius 2 is 0.684 bits per heavy atom. The maximum absolute atomic E-state index is 6.06.